The summed E-state index contributed by atoms with van der Waals surface area (Å²) in [4.78, 5) is 0. The second kappa shape index (κ2) is 7.31. The molecule has 0 atom stereocenters. The van der Waals surface area contributed by atoms with Gasteiger partial charge in [0.25, 0.3) is 0 Å². The van der Waals surface area contributed by atoms with Crippen LogP contribution < -0.4 is 5.73 Å². The fourth-order valence-electron chi connectivity index (χ4n) is 1.74. The number of rotatable bonds is 6. The van der Waals surface area contributed by atoms with Crippen LogP contribution in [0, 0.1) is 0 Å². The minimum Gasteiger partial charge on any atom is -0.380 e. The number of halogens is 3. The molecule has 0 spiro atoms. The molecule has 0 aliphatic carbocycles. The van der Waals surface area contributed by atoms with Gasteiger partial charge in [-0.05, 0) is 42.7 Å². The molecule has 2 nitrogen and oxygen atoms in total. The standard InChI is InChI=1S/C14H18F3NO/c1-19-10-12(5-3-7-18)8-11-4-2-6-13(9-11)14(15,16)17/h2,4,6,8-9H,3,5,7,10,18H2,1H3/b12-8+. The fraction of sp³-hybridized carbons (Fsp3) is 0.429. The Morgan fingerprint density at radius 2 is 2.11 bits per heavy atom. The molecule has 1 aromatic carbocycles. The number of benzene rings is 1. The SMILES string of the molecule is COC/C(=C/c1cccc(C(F)(F)F)c1)CCCN. The summed E-state index contributed by atoms with van der Waals surface area (Å²) in [5.41, 5.74) is 6.25. The maximum absolute atomic E-state index is 12.6. The smallest absolute Gasteiger partial charge is 0.380 e. The van der Waals surface area contributed by atoms with Crippen LogP contribution >= 0.6 is 0 Å². The highest BCUT2D eigenvalue weighted by molar-refractivity contribution is 5.54. The zero-order chi connectivity index (χ0) is 14.3. The van der Waals surface area contributed by atoms with Crippen molar-refractivity contribution in [3.63, 3.8) is 0 Å². The zero-order valence-corrected chi connectivity index (χ0v) is 10.8. The average molecular weight is 273 g/mol. The van der Waals surface area contributed by atoms with E-state index < -0.39 is 11.7 Å². The molecule has 1 rings (SSSR count). The average Bonchev–Trinajstić information content (AvgIpc) is 2.35. The van der Waals surface area contributed by atoms with Crippen LogP contribution in [0.1, 0.15) is 24.0 Å². The molecule has 0 aliphatic heterocycles. The van der Waals surface area contributed by atoms with Crippen molar-refractivity contribution in [1.82, 2.24) is 0 Å². The Kier molecular flexibility index (Phi) is 6.05. The second-order valence-electron chi connectivity index (χ2n) is 4.25. The van der Waals surface area contributed by atoms with Crippen LogP contribution in [0.5, 0.6) is 0 Å². The molecule has 2 N–H and O–H groups in total. The summed E-state index contributed by atoms with van der Waals surface area (Å²) in [6.07, 6.45) is -1.08. The molecule has 0 unspecified atom stereocenters. The van der Waals surface area contributed by atoms with Crippen molar-refractivity contribution in [2.24, 2.45) is 5.73 Å². The fourth-order valence-corrected chi connectivity index (χ4v) is 1.74. The number of ether oxygens (including phenoxy) is 1. The Morgan fingerprint density at radius 1 is 1.37 bits per heavy atom. The number of methoxy groups -OCH3 is 1. The van der Waals surface area contributed by atoms with E-state index in [1.165, 1.54) is 6.07 Å². The lowest BCUT2D eigenvalue weighted by atomic mass is 10.0. The molecule has 0 heterocycles. The summed E-state index contributed by atoms with van der Waals surface area (Å²) in [6, 6.07) is 5.25. The molecule has 0 aliphatic rings. The lowest BCUT2D eigenvalue weighted by Crippen LogP contribution is -2.05. The predicted molar refractivity (Wildman–Crippen MR) is 69.6 cm³/mol. The van der Waals surface area contributed by atoms with Gasteiger partial charge in [0.2, 0.25) is 0 Å². The highest BCUT2D eigenvalue weighted by Gasteiger charge is 2.30. The van der Waals surface area contributed by atoms with Gasteiger partial charge in [0.1, 0.15) is 0 Å². The molecule has 0 saturated heterocycles. The highest BCUT2D eigenvalue weighted by Crippen LogP contribution is 2.30. The third-order valence-corrected chi connectivity index (χ3v) is 2.62. The molecule has 1 aromatic rings. The van der Waals surface area contributed by atoms with Gasteiger partial charge in [-0.2, -0.15) is 13.2 Å². The minimum absolute atomic E-state index is 0.399. The summed E-state index contributed by atoms with van der Waals surface area (Å²) in [6.45, 7) is 0.944. The molecule has 0 radical (unpaired) electrons. The summed E-state index contributed by atoms with van der Waals surface area (Å²) in [5, 5.41) is 0. The van der Waals surface area contributed by atoms with Crippen LogP contribution in [0.3, 0.4) is 0 Å². The van der Waals surface area contributed by atoms with E-state index in [2.05, 4.69) is 0 Å². The quantitative estimate of drug-likeness (QED) is 0.861. The Morgan fingerprint density at radius 3 is 2.68 bits per heavy atom. The van der Waals surface area contributed by atoms with E-state index in [1.807, 2.05) is 0 Å². The Hall–Kier alpha value is -1.33. The van der Waals surface area contributed by atoms with Crippen LogP contribution in [0.25, 0.3) is 6.08 Å². The van der Waals surface area contributed by atoms with Gasteiger partial charge in [-0.15, -0.1) is 0 Å². The van der Waals surface area contributed by atoms with Crippen molar-refractivity contribution in [1.29, 1.82) is 0 Å². The van der Waals surface area contributed by atoms with Gasteiger partial charge in [-0.25, -0.2) is 0 Å². The van der Waals surface area contributed by atoms with E-state index in [1.54, 1.807) is 19.3 Å². The first-order valence-corrected chi connectivity index (χ1v) is 6.03. The maximum Gasteiger partial charge on any atom is 0.416 e. The first-order chi connectivity index (χ1) is 8.97. The molecule has 106 valence electrons. The Balaban J connectivity index is 2.93. The number of hydrogen-bond donors (Lipinski definition) is 1. The third-order valence-electron chi connectivity index (χ3n) is 2.62. The molecule has 0 saturated carbocycles. The molecule has 0 bridgehead atoms. The van der Waals surface area contributed by atoms with E-state index in [4.69, 9.17) is 10.5 Å². The maximum atomic E-state index is 12.6. The molecular formula is C14H18F3NO. The van der Waals surface area contributed by atoms with Crippen molar-refractivity contribution in [3.8, 4) is 0 Å². The summed E-state index contributed by atoms with van der Waals surface area (Å²) in [7, 11) is 1.56. The predicted octanol–water partition coefficient (Wildman–Crippen LogP) is 3.47. The summed E-state index contributed by atoms with van der Waals surface area (Å²) < 4.78 is 42.8. The van der Waals surface area contributed by atoms with Crippen LogP contribution in [-0.4, -0.2) is 20.3 Å². The first kappa shape index (κ1) is 15.7. The van der Waals surface area contributed by atoms with Gasteiger partial charge in [0.15, 0.2) is 0 Å². The van der Waals surface area contributed by atoms with Crippen LogP contribution in [0.2, 0.25) is 0 Å². The Labute approximate surface area is 111 Å². The number of hydrogen-bond acceptors (Lipinski definition) is 2. The second-order valence-corrected chi connectivity index (χ2v) is 4.25. The van der Waals surface area contributed by atoms with Gasteiger partial charge in [-0.1, -0.05) is 18.2 Å². The van der Waals surface area contributed by atoms with Gasteiger partial charge < -0.3 is 10.5 Å². The minimum atomic E-state index is -4.32. The normalized spacial score (nSPS) is 12.8. The summed E-state index contributed by atoms with van der Waals surface area (Å²) >= 11 is 0. The van der Waals surface area contributed by atoms with Crippen molar-refractivity contribution >= 4 is 6.08 Å². The molecule has 0 fully saturated rings. The molecular weight excluding hydrogens is 255 g/mol. The van der Waals surface area contributed by atoms with Crippen molar-refractivity contribution in [3.05, 3.63) is 41.0 Å². The van der Waals surface area contributed by atoms with E-state index in [-0.39, 0.29) is 0 Å². The highest BCUT2D eigenvalue weighted by atomic mass is 19.4. The molecule has 0 amide bonds. The van der Waals surface area contributed by atoms with Gasteiger partial charge in [0.05, 0.1) is 12.2 Å². The first-order valence-electron chi connectivity index (χ1n) is 6.03. The monoisotopic (exact) mass is 273 g/mol. The number of nitrogens with two attached hydrogens (primary N) is 1. The van der Waals surface area contributed by atoms with Crippen LogP contribution in [0.15, 0.2) is 29.8 Å². The number of alkyl halides is 3. The summed E-state index contributed by atoms with van der Waals surface area (Å²) in [5.74, 6) is 0. The third kappa shape index (κ3) is 5.44. The van der Waals surface area contributed by atoms with E-state index in [9.17, 15) is 13.2 Å². The molecule has 0 aromatic heterocycles. The molecule has 5 heteroatoms. The van der Waals surface area contributed by atoms with Crippen LogP contribution in [0.4, 0.5) is 13.2 Å². The van der Waals surface area contributed by atoms with Crippen molar-refractivity contribution in [2.75, 3.05) is 20.3 Å². The molecule has 19 heavy (non-hydrogen) atoms. The zero-order valence-electron chi connectivity index (χ0n) is 10.8. The van der Waals surface area contributed by atoms with E-state index in [0.717, 1.165) is 30.5 Å². The van der Waals surface area contributed by atoms with Crippen molar-refractivity contribution in [2.45, 2.75) is 19.0 Å². The lowest BCUT2D eigenvalue weighted by Gasteiger charge is -2.09. The lowest BCUT2D eigenvalue weighted by molar-refractivity contribution is -0.137. The van der Waals surface area contributed by atoms with E-state index >= 15 is 0 Å². The van der Waals surface area contributed by atoms with E-state index in [0.29, 0.717) is 18.7 Å². The van der Waals surface area contributed by atoms with Gasteiger partial charge in [0, 0.05) is 7.11 Å². The largest absolute Gasteiger partial charge is 0.416 e. The van der Waals surface area contributed by atoms with Crippen molar-refractivity contribution < 1.29 is 17.9 Å². The topological polar surface area (TPSA) is 35.2 Å². The van der Waals surface area contributed by atoms with Gasteiger partial charge in [-0.3, -0.25) is 0 Å². The van der Waals surface area contributed by atoms with Gasteiger partial charge >= 0.3 is 6.18 Å². The van der Waals surface area contributed by atoms with Crippen LogP contribution in [-0.2, 0) is 10.9 Å². The Bertz CT molecular complexity index is 427.